The molecule has 18 heavy (non-hydrogen) atoms. The summed E-state index contributed by atoms with van der Waals surface area (Å²) in [5, 5.41) is 7.74. The molecule has 2 aromatic rings. The summed E-state index contributed by atoms with van der Waals surface area (Å²) >= 11 is 1.83. The molecule has 0 bridgehead atoms. The first-order valence-electron chi connectivity index (χ1n) is 5.85. The number of nitrogens with zero attached hydrogens (tertiary/aromatic N) is 4. The lowest BCUT2D eigenvalue weighted by Gasteiger charge is -2.28. The van der Waals surface area contributed by atoms with Crippen LogP contribution >= 0.6 is 11.8 Å². The van der Waals surface area contributed by atoms with Gasteiger partial charge in [0, 0.05) is 18.8 Å². The molecule has 0 aliphatic rings. The molecule has 2 rings (SSSR count). The average molecular weight is 266 g/mol. The Kier molecular flexibility index (Phi) is 3.90. The molecule has 6 nitrogen and oxygen atoms in total. The van der Waals surface area contributed by atoms with Crippen LogP contribution in [0.4, 0.5) is 11.8 Å². The highest BCUT2D eigenvalue weighted by atomic mass is 32.2. The van der Waals surface area contributed by atoms with Gasteiger partial charge in [0.1, 0.15) is 5.82 Å². The standard InChI is InChI=1S/C11H18N6S/c1-4-7(6-18-3)17(2)10-8-5-13-16-9(8)14-11(12)15-10/h5,7H,4,6H2,1-3H3,(H3,12,13,14,15,16). The second-order valence-electron chi connectivity index (χ2n) is 4.17. The molecule has 2 aromatic heterocycles. The molecule has 0 spiro atoms. The molecule has 1 atom stereocenters. The summed E-state index contributed by atoms with van der Waals surface area (Å²) in [5.41, 5.74) is 6.42. The number of aromatic nitrogens is 4. The Labute approximate surface area is 110 Å². The fourth-order valence-corrected chi connectivity index (χ4v) is 2.82. The van der Waals surface area contributed by atoms with Crippen LogP contribution in [-0.4, -0.2) is 45.3 Å². The van der Waals surface area contributed by atoms with Crippen molar-refractivity contribution < 1.29 is 0 Å². The van der Waals surface area contributed by atoms with Crippen LogP contribution in [0.3, 0.4) is 0 Å². The van der Waals surface area contributed by atoms with E-state index in [0.717, 1.165) is 23.4 Å². The van der Waals surface area contributed by atoms with Gasteiger partial charge in [-0.3, -0.25) is 5.10 Å². The summed E-state index contributed by atoms with van der Waals surface area (Å²) in [7, 11) is 2.04. The highest BCUT2D eigenvalue weighted by Gasteiger charge is 2.18. The van der Waals surface area contributed by atoms with Crippen LogP contribution in [0, 0.1) is 0 Å². The van der Waals surface area contributed by atoms with Crippen molar-refractivity contribution in [1.29, 1.82) is 0 Å². The average Bonchev–Trinajstić information content (AvgIpc) is 2.82. The summed E-state index contributed by atoms with van der Waals surface area (Å²) < 4.78 is 0. The van der Waals surface area contributed by atoms with Gasteiger partial charge < -0.3 is 10.6 Å². The van der Waals surface area contributed by atoms with E-state index in [9.17, 15) is 0 Å². The van der Waals surface area contributed by atoms with Crippen molar-refractivity contribution >= 4 is 34.6 Å². The number of rotatable bonds is 5. The predicted octanol–water partition coefficient (Wildman–Crippen LogP) is 1.51. The molecular formula is C11H18N6S. The predicted molar refractivity (Wildman–Crippen MR) is 77.0 cm³/mol. The van der Waals surface area contributed by atoms with Crippen LogP contribution in [0.5, 0.6) is 0 Å². The lowest BCUT2D eigenvalue weighted by atomic mass is 10.2. The third kappa shape index (κ3) is 2.35. The first-order valence-corrected chi connectivity index (χ1v) is 7.25. The molecule has 0 saturated carbocycles. The van der Waals surface area contributed by atoms with Crippen molar-refractivity contribution in [3.8, 4) is 0 Å². The summed E-state index contributed by atoms with van der Waals surface area (Å²) in [4.78, 5) is 10.6. The van der Waals surface area contributed by atoms with E-state index in [1.54, 1.807) is 6.20 Å². The number of nitrogens with two attached hydrogens (primary N) is 1. The van der Waals surface area contributed by atoms with Crippen LogP contribution < -0.4 is 10.6 Å². The molecular weight excluding hydrogens is 248 g/mol. The monoisotopic (exact) mass is 266 g/mol. The van der Waals surface area contributed by atoms with Crippen molar-refractivity contribution in [2.24, 2.45) is 0 Å². The third-order valence-electron chi connectivity index (χ3n) is 3.02. The van der Waals surface area contributed by atoms with Crippen molar-refractivity contribution in [2.45, 2.75) is 19.4 Å². The fraction of sp³-hybridized carbons (Fsp3) is 0.545. The van der Waals surface area contributed by atoms with Crippen LogP contribution in [0.2, 0.25) is 0 Å². The molecule has 1 unspecified atom stereocenters. The summed E-state index contributed by atoms with van der Waals surface area (Å²) in [6.45, 7) is 2.18. The molecule has 0 fully saturated rings. The lowest BCUT2D eigenvalue weighted by molar-refractivity contribution is 0.668. The van der Waals surface area contributed by atoms with E-state index >= 15 is 0 Å². The quantitative estimate of drug-likeness (QED) is 0.853. The van der Waals surface area contributed by atoms with Gasteiger partial charge in [-0.15, -0.1) is 0 Å². The van der Waals surface area contributed by atoms with Gasteiger partial charge in [0.05, 0.1) is 11.6 Å². The van der Waals surface area contributed by atoms with Crippen LogP contribution in [-0.2, 0) is 0 Å². The number of fused-ring (bicyclic) bond motifs is 1. The molecule has 0 amide bonds. The molecule has 0 aliphatic heterocycles. The van der Waals surface area contributed by atoms with E-state index in [1.165, 1.54) is 0 Å². The Morgan fingerprint density at radius 3 is 2.94 bits per heavy atom. The van der Waals surface area contributed by atoms with E-state index in [2.05, 4.69) is 38.2 Å². The Bertz CT molecular complexity index is 525. The maximum absolute atomic E-state index is 5.74. The lowest BCUT2D eigenvalue weighted by Crippen LogP contribution is -2.34. The van der Waals surface area contributed by atoms with Gasteiger partial charge in [-0.1, -0.05) is 6.92 Å². The van der Waals surface area contributed by atoms with Gasteiger partial charge in [-0.25, -0.2) is 0 Å². The minimum atomic E-state index is 0.271. The number of H-pyrrole nitrogens is 1. The van der Waals surface area contributed by atoms with Gasteiger partial charge in [0.15, 0.2) is 5.65 Å². The number of nitrogens with one attached hydrogen (secondary N) is 1. The summed E-state index contributed by atoms with van der Waals surface area (Å²) in [6, 6.07) is 0.424. The van der Waals surface area contributed by atoms with Gasteiger partial charge in [0.25, 0.3) is 0 Å². The molecule has 0 aromatic carbocycles. The topological polar surface area (TPSA) is 83.7 Å². The van der Waals surface area contributed by atoms with Crippen LogP contribution in [0.25, 0.3) is 11.0 Å². The molecule has 98 valence electrons. The molecule has 7 heteroatoms. The van der Waals surface area contributed by atoms with Crippen molar-refractivity contribution in [1.82, 2.24) is 20.2 Å². The van der Waals surface area contributed by atoms with Gasteiger partial charge in [-0.2, -0.15) is 26.8 Å². The van der Waals surface area contributed by atoms with E-state index in [0.29, 0.717) is 11.7 Å². The van der Waals surface area contributed by atoms with E-state index in [4.69, 9.17) is 5.73 Å². The number of nitrogen functional groups attached to an aromatic ring is 1. The maximum Gasteiger partial charge on any atom is 0.224 e. The third-order valence-corrected chi connectivity index (χ3v) is 3.74. The second kappa shape index (κ2) is 5.43. The molecule has 3 N–H and O–H groups in total. The summed E-state index contributed by atoms with van der Waals surface area (Å²) in [5.74, 6) is 2.16. The Morgan fingerprint density at radius 1 is 1.50 bits per heavy atom. The Hall–Kier alpha value is -1.50. The zero-order valence-corrected chi connectivity index (χ0v) is 11.7. The zero-order valence-electron chi connectivity index (χ0n) is 10.8. The number of anilines is 2. The van der Waals surface area contributed by atoms with E-state index < -0.39 is 0 Å². The highest BCUT2D eigenvalue weighted by molar-refractivity contribution is 7.98. The van der Waals surface area contributed by atoms with Crippen molar-refractivity contribution in [2.75, 3.05) is 29.7 Å². The normalized spacial score (nSPS) is 12.8. The minimum Gasteiger partial charge on any atom is -0.368 e. The Morgan fingerprint density at radius 2 is 2.28 bits per heavy atom. The number of hydrogen-bond acceptors (Lipinski definition) is 6. The fourth-order valence-electron chi connectivity index (χ4n) is 1.97. The van der Waals surface area contributed by atoms with Crippen LogP contribution in [0.15, 0.2) is 6.20 Å². The minimum absolute atomic E-state index is 0.271. The number of aromatic amines is 1. The first kappa shape index (κ1) is 12.9. The molecule has 0 saturated heterocycles. The maximum atomic E-state index is 5.74. The van der Waals surface area contributed by atoms with Gasteiger partial charge in [0.2, 0.25) is 5.95 Å². The van der Waals surface area contributed by atoms with E-state index in [1.807, 2.05) is 18.8 Å². The summed E-state index contributed by atoms with van der Waals surface area (Å²) in [6.07, 6.45) is 4.91. The highest BCUT2D eigenvalue weighted by Crippen LogP contribution is 2.25. The zero-order chi connectivity index (χ0) is 13.1. The number of thioether (sulfide) groups is 1. The molecule has 2 heterocycles. The Balaban J connectivity index is 2.42. The molecule has 0 aliphatic carbocycles. The van der Waals surface area contributed by atoms with Gasteiger partial charge in [-0.05, 0) is 12.7 Å². The van der Waals surface area contributed by atoms with Crippen LogP contribution in [0.1, 0.15) is 13.3 Å². The van der Waals surface area contributed by atoms with Gasteiger partial charge >= 0.3 is 0 Å². The SMILES string of the molecule is CCC(CSC)N(C)c1nc(N)nc2[nH]ncc12. The van der Waals surface area contributed by atoms with Crippen molar-refractivity contribution in [3.05, 3.63) is 6.20 Å². The van der Waals surface area contributed by atoms with E-state index in [-0.39, 0.29) is 5.95 Å². The molecule has 0 radical (unpaired) electrons. The number of hydrogen-bond donors (Lipinski definition) is 2. The first-order chi connectivity index (χ1) is 8.67. The second-order valence-corrected chi connectivity index (χ2v) is 5.08. The largest absolute Gasteiger partial charge is 0.368 e. The van der Waals surface area contributed by atoms with Crippen molar-refractivity contribution in [3.63, 3.8) is 0 Å². The smallest absolute Gasteiger partial charge is 0.224 e.